The minimum absolute atomic E-state index is 0.0642. The van der Waals surface area contributed by atoms with Crippen molar-refractivity contribution in [1.82, 2.24) is 0 Å². The summed E-state index contributed by atoms with van der Waals surface area (Å²) < 4.78 is 0. The monoisotopic (exact) mass is 182 g/mol. The lowest BCUT2D eigenvalue weighted by molar-refractivity contribution is 0.799. The maximum atomic E-state index is 5.61. The van der Waals surface area contributed by atoms with E-state index >= 15 is 0 Å². The Hall–Kier alpha value is 0.180. The van der Waals surface area contributed by atoms with Gasteiger partial charge in [0, 0.05) is 0 Å². The highest BCUT2D eigenvalue weighted by molar-refractivity contribution is 6.20. The zero-order chi connectivity index (χ0) is 7.98. The Labute approximate surface area is 71.6 Å². The molecule has 0 aliphatic heterocycles. The molecule has 0 radical (unpaired) electrons. The van der Waals surface area contributed by atoms with E-state index in [-0.39, 0.29) is 10.8 Å². The molecule has 0 saturated heterocycles. The van der Waals surface area contributed by atoms with Crippen molar-refractivity contribution in [3.05, 3.63) is 0 Å². The first kappa shape index (κ1) is 10.2. The quantitative estimate of drug-likeness (QED) is 0.472. The molecule has 0 aliphatic carbocycles. The van der Waals surface area contributed by atoms with Crippen LogP contribution in [0.25, 0.3) is 0 Å². The molecule has 4 heteroatoms. The lowest BCUT2D eigenvalue weighted by Crippen LogP contribution is -1.97. The molecular weight excluding hydrogens is 171 g/mol. The van der Waals surface area contributed by atoms with Gasteiger partial charge < -0.3 is 0 Å². The lowest BCUT2D eigenvalue weighted by atomic mass is 10.5. The van der Waals surface area contributed by atoms with Gasteiger partial charge in [-0.2, -0.15) is 10.2 Å². The van der Waals surface area contributed by atoms with E-state index in [0.717, 1.165) is 0 Å². The first-order valence-electron chi connectivity index (χ1n) is 3.24. The third-order valence-electron chi connectivity index (χ3n) is 0.766. The van der Waals surface area contributed by atoms with E-state index in [1.165, 1.54) is 0 Å². The van der Waals surface area contributed by atoms with Gasteiger partial charge in [0.05, 0.1) is 23.8 Å². The van der Waals surface area contributed by atoms with Crippen LogP contribution >= 0.6 is 23.2 Å². The number of alkyl halides is 2. The summed E-state index contributed by atoms with van der Waals surface area (Å²) in [5.41, 5.74) is 0. The largest absolute Gasteiger partial charge is 0.193 e. The average Bonchev–Trinajstić information content (AvgIpc) is 1.79. The number of rotatable bonds is 4. The van der Waals surface area contributed by atoms with Gasteiger partial charge in [0.1, 0.15) is 0 Å². The molecule has 60 valence electrons. The summed E-state index contributed by atoms with van der Waals surface area (Å²) in [6, 6.07) is 0. The molecule has 0 saturated carbocycles. The normalized spacial score (nSPS) is 17.6. The average molecular weight is 183 g/mol. The number of halogens is 2. The first-order chi connectivity index (χ1) is 4.63. The predicted octanol–water partition coefficient (Wildman–Crippen LogP) is 2.69. The molecule has 2 nitrogen and oxygen atoms in total. The highest BCUT2D eigenvalue weighted by Crippen LogP contribution is 1.96. The van der Waals surface area contributed by atoms with E-state index in [1.54, 1.807) is 0 Å². The molecule has 0 amide bonds. The molecule has 0 spiro atoms. The van der Waals surface area contributed by atoms with Crippen LogP contribution in [0.5, 0.6) is 0 Å². The Kier molecular flexibility index (Phi) is 6.03. The molecule has 0 heterocycles. The van der Waals surface area contributed by atoms with Gasteiger partial charge in [-0.1, -0.05) is 0 Å². The fraction of sp³-hybridized carbons (Fsp3) is 1.00. The molecule has 2 unspecified atom stereocenters. The Morgan fingerprint density at radius 1 is 1.00 bits per heavy atom. The number of hydrogen-bond acceptors (Lipinski definition) is 2. The topological polar surface area (TPSA) is 24.7 Å². The molecule has 0 aliphatic rings. The Bertz CT molecular complexity index is 89.9. The van der Waals surface area contributed by atoms with Crippen LogP contribution in [0.4, 0.5) is 0 Å². The molecular formula is C6H12Cl2N2. The second kappa shape index (κ2) is 5.93. The van der Waals surface area contributed by atoms with Gasteiger partial charge >= 0.3 is 0 Å². The van der Waals surface area contributed by atoms with Gasteiger partial charge in [-0.05, 0) is 13.8 Å². The Morgan fingerprint density at radius 2 is 1.30 bits per heavy atom. The molecule has 0 aromatic carbocycles. The molecule has 0 fully saturated rings. The van der Waals surface area contributed by atoms with Gasteiger partial charge in [-0.3, -0.25) is 0 Å². The van der Waals surface area contributed by atoms with Crippen molar-refractivity contribution >= 4 is 23.2 Å². The summed E-state index contributed by atoms with van der Waals surface area (Å²) in [6.45, 7) is 4.91. The number of azo groups is 1. The second-order valence-corrected chi connectivity index (χ2v) is 3.70. The van der Waals surface area contributed by atoms with Crippen LogP contribution in [0.1, 0.15) is 13.8 Å². The van der Waals surface area contributed by atoms with Crippen molar-refractivity contribution in [2.24, 2.45) is 10.2 Å². The lowest BCUT2D eigenvalue weighted by Gasteiger charge is -1.95. The summed E-state index contributed by atoms with van der Waals surface area (Å²) in [5, 5.41) is 7.77. The third kappa shape index (κ3) is 8.18. The smallest absolute Gasteiger partial charge is 0.0760 e. The van der Waals surface area contributed by atoms with Crippen molar-refractivity contribution < 1.29 is 0 Å². The van der Waals surface area contributed by atoms with Crippen LogP contribution in [0, 0.1) is 0 Å². The van der Waals surface area contributed by atoms with Crippen LogP contribution in [0.2, 0.25) is 0 Å². The summed E-state index contributed by atoms with van der Waals surface area (Å²) in [6.07, 6.45) is 0. The van der Waals surface area contributed by atoms with E-state index in [0.29, 0.717) is 13.1 Å². The molecule has 0 aromatic rings. The van der Waals surface area contributed by atoms with Crippen molar-refractivity contribution in [2.75, 3.05) is 13.1 Å². The van der Waals surface area contributed by atoms with Crippen molar-refractivity contribution in [2.45, 2.75) is 24.6 Å². The summed E-state index contributed by atoms with van der Waals surface area (Å²) >= 11 is 11.2. The Morgan fingerprint density at radius 3 is 1.50 bits per heavy atom. The maximum Gasteiger partial charge on any atom is 0.0760 e. The van der Waals surface area contributed by atoms with Gasteiger partial charge in [0.25, 0.3) is 0 Å². The fourth-order valence-corrected chi connectivity index (χ4v) is 0.464. The number of hydrogen-bond donors (Lipinski definition) is 0. The highest BCUT2D eigenvalue weighted by Gasteiger charge is 1.93. The predicted molar refractivity (Wildman–Crippen MR) is 45.2 cm³/mol. The maximum absolute atomic E-state index is 5.61. The van der Waals surface area contributed by atoms with Gasteiger partial charge in [-0.15, -0.1) is 23.2 Å². The second-order valence-electron chi connectivity index (χ2n) is 2.21. The molecule has 0 rings (SSSR count). The highest BCUT2D eigenvalue weighted by atomic mass is 35.5. The van der Waals surface area contributed by atoms with Gasteiger partial charge in [0.15, 0.2) is 0 Å². The summed E-state index contributed by atoms with van der Waals surface area (Å²) in [5.74, 6) is 0. The Balaban J connectivity index is 3.20. The zero-order valence-corrected chi connectivity index (χ0v) is 7.73. The zero-order valence-electron chi connectivity index (χ0n) is 6.22. The van der Waals surface area contributed by atoms with Crippen LogP contribution in [-0.2, 0) is 0 Å². The minimum Gasteiger partial charge on any atom is -0.193 e. The SMILES string of the molecule is CC(Cl)CN=NCC(C)Cl. The summed E-state index contributed by atoms with van der Waals surface area (Å²) in [4.78, 5) is 0. The molecule has 0 aromatic heterocycles. The van der Waals surface area contributed by atoms with E-state index < -0.39 is 0 Å². The molecule has 2 atom stereocenters. The van der Waals surface area contributed by atoms with Crippen LogP contribution in [0.15, 0.2) is 10.2 Å². The van der Waals surface area contributed by atoms with Gasteiger partial charge in [-0.25, -0.2) is 0 Å². The molecule has 0 bridgehead atoms. The first-order valence-corrected chi connectivity index (χ1v) is 4.11. The standard InChI is InChI=1S/C6H12Cl2N2/c1-5(7)3-9-10-4-6(2)8/h5-6H,3-4H2,1-2H3. The van der Waals surface area contributed by atoms with E-state index in [9.17, 15) is 0 Å². The van der Waals surface area contributed by atoms with Crippen LogP contribution in [0.3, 0.4) is 0 Å². The van der Waals surface area contributed by atoms with E-state index in [2.05, 4.69) is 10.2 Å². The third-order valence-corrected chi connectivity index (χ3v) is 1.04. The van der Waals surface area contributed by atoms with Crippen molar-refractivity contribution in [1.29, 1.82) is 0 Å². The van der Waals surface area contributed by atoms with Crippen molar-refractivity contribution in [3.8, 4) is 0 Å². The van der Waals surface area contributed by atoms with Crippen molar-refractivity contribution in [3.63, 3.8) is 0 Å². The number of nitrogens with zero attached hydrogens (tertiary/aromatic N) is 2. The fourth-order valence-electron chi connectivity index (χ4n) is 0.340. The van der Waals surface area contributed by atoms with E-state index in [1.807, 2.05) is 13.8 Å². The minimum atomic E-state index is 0.0642. The molecule has 10 heavy (non-hydrogen) atoms. The van der Waals surface area contributed by atoms with E-state index in [4.69, 9.17) is 23.2 Å². The summed E-state index contributed by atoms with van der Waals surface area (Å²) in [7, 11) is 0. The van der Waals surface area contributed by atoms with Gasteiger partial charge in [0.2, 0.25) is 0 Å². The van der Waals surface area contributed by atoms with Crippen LogP contribution < -0.4 is 0 Å². The van der Waals surface area contributed by atoms with Crippen LogP contribution in [-0.4, -0.2) is 23.8 Å². The molecule has 0 N–H and O–H groups in total.